The number of halogens is 1. The Balaban J connectivity index is 1.51. The molecule has 0 aromatic carbocycles. The fraction of sp³-hybridized carbons (Fsp3) is 0.500. The summed E-state index contributed by atoms with van der Waals surface area (Å²) in [5.41, 5.74) is 0.587. The Labute approximate surface area is 175 Å². The van der Waals surface area contributed by atoms with Crippen LogP contribution < -0.4 is 4.74 Å². The van der Waals surface area contributed by atoms with Crippen molar-refractivity contribution in [1.82, 2.24) is 15.0 Å². The van der Waals surface area contributed by atoms with Gasteiger partial charge in [0.2, 0.25) is 0 Å². The molecule has 0 saturated heterocycles. The van der Waals surface area contributed by atoms with Crippen LogP contribution in [-0.4, -0.2) is 39.5 Å². The predicted octanol–water partition coefficient (Wildman–Crippen LogP) is 3.87. The maximum atomic E-state index is 14.5. The summed E-state index contributed by atoms with van der Waals surface area (Å²) in [4.78, 5) is 23.3. The topological polar surface area (TPSA) is 98.0 Å². The van der Waals surface area contributed by atoms with E-state index in [0.29, 0.717) is 18.6 Å². The number of carbonyl (C=O) groups excluding carboxylic acids is 1. The van der Waals surface area contributed by atoms with Crippen LogP contribution in [-0.2, 0) is 9.53 Å². The molecule has 0 unspecified atom stereocenters. The van der Waals surface area contributed by atoms with E-state index < -0.39 is 5.82 Å². The quantitative estimate of drug-likeness (QED) is 0.649. The molecule has 8 heteroatoms. The third-order valence-electron chi connectivity index (χ3n) is 4.99. The van der Waals surface area contributed by atoms with Crippen LogP contribution in [0.2, 0.25) is 0 Å². The highest BCUT2D eigenvalue weighted by Crippen LogP contribution is 2.27. The molecule has 30 heavy (non-hydrogen) atoms. The van der Waals surface area contributed by atoms with Crippen molar-refractivity contribution >= 4 is 5.78 Å². The zero-order valence-corrected chi connectivity index (χ0v) is 17.2. The second-order valence-electron chi connectivity index (χ2n) is 7.75. The van der Waals surface area contributed by atoms with Gasteiger partial charge in [-0.15, -0.1) is 0 Å². The van der Waals surface area contributed by atoms with Gasteiger partial charge in [0.1, 0.15) is 23.7 Å². The van der Waals surface area contributed by atoms with E-state index in [2.05, 4.69) is 15.0 Å². The number of nitriles is 1. The standard InChI is InChI=1S/C22H25FN4O3/c1-14(9-15(2)28)13-29-18-3-5-19(6-4-18)30-22-20(23)10-16(12-26-22)21-25-8-7-17(11-24)27-21/h7-8,10,12,14,18-19H,3-6,9,13H2,1-2H3/t14-,18?,19?/m1/s1. The Kier molecular flexibility index (Phi) is 7.41. The van der Waals surface area contributed by atoms with Gasteiger partial charge in [0.15, 0.2) is 11.6 Å². The summed E-state index contributed by atoms with van der Waals surface area (Å²) in [5.74, 6) is -0.00705. The number of ketones is 1. The van der Waals surface area contributed by atoms with Crippen LogP contribution in [0.1, 0.15) is 51.6 Å². The molecule has 1 saturated carbocycles. The molecule has 0 spiro atoms. The van der Waals surface area contributed by atoms with Gasteiger partial charge >= 0.3 is 0 Å². The summed E-state index contributed by atoms with van der Waals surface area (Å²) in [7, 11) is 0. The largest absolute Gasteiger partial charge is 0.472 e. The van der Waals surface area contributed by atoms with E-state index in [1.54, 1.807) is 6.92 Å². The third-order valence-corrected chi connectivity index (χ3v) is 4.99. The lowest BCUT2D eigenvalue weighted by Gasteiger charge is -2.29. The van der Waals surface area contributed by atoms with Gasteiger partial charge < -0.3 is 14.3 Å². The predicted molar refractivity (Wildman–Crippen MR) is 107 cm³/mol. The second-order valence-corrected chi connectivity index (χ2v) is 7.75. The number of hydrogen-bond acceptors (Lipinski definition) is 7. The molecule has 0 aliphatic heterocycles. The highest BCUT2D eigenvalue weighted by Gasteiger charge is 2.25. The fourth-order valence-electron chi connectivity index (χ4n) is 3.52. The van der Waals surface area contributed by atoms with Crippen molar-refractivity contribution in [2.75, 3.05) is 6.61 Å². The number of carbonyl (C=O) groups is 1. The number of Topliss-reactive ketones (excluding diaryl/α,β-unsaturated/α-hetero) is 1. The van der Waals surface area contributed by atoms with Crippen LogP contribution in [0, 0.1) is 23.1 Å². The van der Waals surface area contributed by atoms with E-state index in [9.17, 15) is 9.18 Å². The SMILES string of the molecule is CC(=O)C[C@@H](C)COC1CCC(Oc2ncc(-c3nccc(C#N)n3)cc2F)CC1. The highest BCUT2D eigenvalue weighted by molar-refractivity contribution is 5.75. The Morgan fingerprint density at radius 1 is 1.30 bits per heavy atom. The molecule has 1 aliphatic carbocycles. The fourth-order valence-corrected chi connectivity index (χ4v) is 3.52. The molecule has 1 aliphatic rings. The number of ether oxygens (including phenoxy) is 2. The van der Waals surface area contributed by atoms with E-state index in [1.807, 2.05) is 13.0 Å². The van der Waals surface area contributed by atoms with Crippen LogP contribution >= 0.6 is 0 Å². The van der Waals surface area contributed by atoms with Gasteiger partial charge in [0, 0.05) is 31.0 Å². The lowest BCUT2D eigenvalue weighted by Crippen LogP contribution is -2.30. The number of rotatable bonds is 8. The van der Waals surface area contributed by atoms with Crippen LogP contribution in [0.3, 0.4) is 0 Å². The lowest BCUT2D eigenvalue weighted by molar-refractivity contribution is -0.118. The summed E-state index contributed by atoms with van der Waals surface area (Å²) in [6.07, 6.45) is 6.60. The van der Waals surface area contributed by atoms with Gasteiger partial charge in [-0.2, -0.15) is 5.26 Å². The van der Waals surface area contributed by atoms with Gasteiger partial charge in [0.05, 0.1) is 6.10 Å². The first-order valence-electron chi connectivity index (χ1n) is 10.1. The first-order valence-corrected chi connectivity index (χ1v) is 10.1. The Morgan fingerprint density at radius 3 is 2.70 bits per heavy atom. The van der Waals surface area contributed by atoms with Crippen molar-refractivity contribution in [3.8, 4) is 23.3 Å². The zero-order chi connectivity index (χ0) is 21.5. The van der Waals surface area contributed by atoms with Crippen molar-refractivity contribution in [2.45, 2.75) is 58.2 Å². The van der Waals surface area contributed by atoms with E-state index in [4.69, 9.17) is 14.7 Å². The first-order chi connectivity index (χ1) is 14.4. The lowest BCUT2D eigenvalue weighted by atomic mass is 9.94. The molecular weight excluding hydrogens is 387 g/mol. The van der Waals surface area contributed by atoms with Gasteiger partial charge in [-0.05, 0) is 50.7 Å². The third kappa shape index (κ3) is 6.04. The van der Waals surface area contributed by atoms with Crippen LogP contribution in [0.4, 0.5) is 4.39 Å². The molecule has 0 bridgehead atoms. The molecule has 7 nitrogen and oxygen atoms in total. The van der Waals surface area contributed by atoms with Gasteiger partial charge in [-0.3, -0.25) is 0 Å². The Morgan fingerprint density at radius 2 is 2.03 bits per heavy atom. The van der Waals surface area contributed by atoms with Crippen molar-refractivity contribution < 1.29 is 18.7 Å². The van der Waals surface area contributed by atoms with E-state index in [1.165, 1.54) is 24.5 Å². The molecular formula is C22H25FN4O3. The summed E-state index contributed by atoms with van der Waals surface area (Å²) in [6, 6.07) is 4.68. The highest BCUT2D eigenvalue weighted by atomic mass is 19.1. The minimum absolute atomic E-state index is 0.0466. The summed E-state index contributed by atoms with van der Waals surface area (Å²) in [6.45, 7) is 4.17. The summed E-state index contributed by atoms with van der Waals surface area (Å²) in [5, 5.41) is 8.93. The normalized spacial score (nSPS) is 19.7. The second kappa shape index (κ2) is 10.2. The maximum absolute atomic E-state index is 14.5. The van der Waals surface area contributed by atoms with Gasteiger partial charge in [-0.1, -0.05) is 6.92 Å². The number of hydrogen-bond donors (Lipinski definition) is 0. The minimum Gasteiger partial charge on any atom is -0.472 e. The first kappa shape index (κ1) is 21.8. The smallest absolute Gasteiger partial charge is 0.250 e. The molecule has 2 aromatic rings. The summed E-state index contributed by atoms with van der Waals surface area (Å²) >= 11 is 0. The average Bonchev–Trinajstić information content (AvgIpc) is 2.74. The monoisotopic (exact) mass is 412 g/mol. The van der Waals surface area contributed by atoms with E-state index in [-0.39, 0.29) is 41.3 Å². The van der Waals surface area contributed by atoms with Crippen molar-refractivity contribution in [3.63, 3.8) is 0 Å². The number of aromatic nitrogens is 3. The molecule has 1 atom stereocenters. The molecule has 158 valence electrons. The van der Waals surface area contributed by atoms with E-state index in [0.717, 1.165) is 25.7 Å². The molecule has 1 fully saturated rings. The Bertz CT molecular complexity index is 923. The maximum Gasteiger partial charge on any atom is 0.250 e. The van der Waals surface area contributed by atoms with Gasteiger partial charge in [-0.25, -0.2) is 19.3 Å². The molecule has 2 aromatic heterocycles. The van der Waals surface area contributed by atoms with Crippen LogP contribution in [0.25, 0.3) is 11.4 Å². The molecule has 2 heterocycles. The zero-order valence-electron chi connectivity index (χ0n) is 17.2. The van der Waals surface area contributed by atoms with Gasteiger partial charge in [0.25, 0.3) is 5.88 Å². The van der Waals surface area contributed by atoms with Crippen LogP contribution in [0.5, 0.6) is 5.88 Å². The Hall–Kier alpha value is -2.92. The van der Waals surface area contributed by atoms with Crippen LogP contribution in [0.15, 0.2) is 24.5 Å². The molecule has 3 rings (SSSR count). The minimum atomic E-state index is -0.588. The molecule has 0 N–H and O–H groups in total. The van der Waals surface area contributed by atoms with Crippen molar-refractivity contribution in [2.24, 2.45) is 5.92 Å². The molecule has 0 radical (unpaired) electrons. The number of nitrogens with zero attached hydrogens (tertiary/aromatic N) is 4. The summed E-state index contributed by atoms with van der Waals surface area (Å²) < 4.78 is 26.2. The average molecular weight is 412 g/mol. The van der Waals surface area contributed by atoms with Crippen molar-refractivity contribution in [3.05, 3.63) is 36.0 Å². The molecule has 0 amide bonds. The number of pyridine rings is 1. The van der Waals surface area contributed by atoms with Crippen molar-refractivity contribution in [1.29, 1.82) is 5.26 Å². The van der Waals surface area contributed by atoms with E-state index >= 15 is 0 Å².